The van der Waals surface area contributed by atoms with Gasteiger partial charge in [-0.1, -0.05) is 0 Å². The van der Waals surface area contributed by atoms with Crippen LogP contribution in [0.4, 0.5) is 5.95 Å². The van der Waals surface area contributed by atoms with Crippen LogP contribution in [0.15, 0.2) is 0 Å². The maximum absolute atomic E-state index is 11.7. The fraction of sp³-hybridized carbons (Fsp3) is 0.700. The van der Waals surface area contributed by atoms with Crippen LogP contribution < -0.4 is 4.90 Å². The molecule has 1 aliphatic heterocycles. The molecule has 16 heavy (non-hydrogen) atoms. The first-order valence-corrected chi connectivity index (χ1v) is 6.24. The molecule has 1 amide bonds. The lowest BCUT2D eigenvalue weighted by atomic mass is 10.1. The standard InChI is InChI=1S/C10H14N4OS/c15-8-3-6(5-16)4-14(8)10-11-9(12-13-10)7-1-2-7/h6-7,16H,1-5H2,(H,11,12,13). The first-order chi connectivity index (χ1) is 7.78. The van der Waals surface area contributed by atoms with Gasteiger partial charge in [0.1, 0.15) is 5.82 Å². The Morgan fingerprint density at radius 1 is 1.50 bits per heavy atom. The lowest BCUT2D eigenvalue weighted by molar-refractivity contribution is -0.117. The molecule has 6 heteroatoms. The molecule has 0 bridgehead atoms. The minimum absolute atomic E-state index is 0.111. The van der Waals surface area contributed by atoms with Crippen LogP contribution in [0.25, 0.3) is 0 Å². The van der Waals surface area contributed by atoms with E-state index in [4.69, 9.17) is 0 Å². The van der Waals surface area contributed by atoms with Crippen molar-refractivity contribution in [3.05, 3.63) is 5.82 Å². The third-order valence-corrected chi connectivity index (χ3v) is 3.68. The molecule has 2 heterocycles. The quantitative estimate of drug-likeness (QED) is 0.771. The molecule has 1 aliphatic carbocycles. The van der Waals surface area contributed by atoms with E-state index in [1.807, 2.05) is 0 Å². The smallest absolute Gasteiger partial charge is 0.251 e. The first-order valence-electron chi connectivity index (χ1n) is 5.61. The van der Waals surface area contributed by atoms with Crippen molar-refractivity contribution < 1.29 is 4.79 Å². The predicted molar refractivity (Wildman–Crippen MR) is 62.7 cm³/mol. The van der Waals surface area contributed by atoms with Gasteiger partial charge in [0.2, 0.25) is 5.91 Å². The van der Waals surface area contributed by atoms with Gasteiger partial charge < -0.3 is 0 Å². The Bertz CT molecular complexity index is 415. The minimum atomic E-state index is 0.111. The summed E-state index contributed by atoms with van der Waals surface area (Å²) in [5.41, 5.74) is 0. The lowest BCUT2D eigenvalue weighted by Gasteiger charge is -2.10. The maximum Gasteiger partial charge on any atom is 0.251 e. The Labute approximate surface area is 99.0 Å². The summed E-state index contributed by atoms with van der Waals surface area (Å²) in [7, 11) is 0. The lowest BCUT2D eigenvalue weighted by Crippen LogP contribution is -2.25. The summed E-state index contributed by atoms with van der Waals surface area (Å²) in [5.74, 6) is 3.19. The van der Waals surface area contributed by atoms with E-state index in [9.17, 15) is 4.79 Å². The Morgan fingerprint density at radius 2 is 2.31 bits per heavy atom. The summed E-state index contributed by atoms with van der Waals surface area (Å²) in [5, 5.41) is 7.05. The number of amides is 1. The van der Waals surface area contributed by atoms with E-state index in [2.05, 4.69) is 27.8 Å². The highest BCUT2D eigenvalue weighted by atomic mass is 32.1. The molecule has 1 aromatic rings. The second kappa shape index (κ2) is 3.76. The van der Waals surface area contributed by atoms with Crippen molar-refractivity contribution >= 4 is 24.5 Å². The number of nitrogens with one attached hydrogen (secondary N) is 1. The van der Waals surface area contributed by atoms with Crippen molar-refractivity contribution in [3.63, 3.8) is 0 Å². The number of anilines is 1. The third kappa shape index (κ3) is 1.71. The van der Waals surface area contributed by atoms with Crippen molar-refractivity contribution in [2.75, 3.05) is 17.2 Å². The average molecular weight is 238 g/mol. The number of thiol groups is 1. The van der Waals surface area contributed by atoms with Crippen molar-refractivity contribution in [1.82, 2.24) is 15.2 Å². The number of hydrogen-bond donors (Lipinski definition) is 2. The van der Waals surface area contributed by atoms with Crippen LogP contribution in [0.5, 0.6) is 0 Å². The molecule has 1 aromatic heterocycles. The summed E-state index contributed by atoms with van der Waals surface area (Å²) in [6.45, 7) is 0.699. The van der Waals surface area contributed by atoms with Gasteiger partial charge >= 0.3 is 0 Å². The van der Waals surface area contributed by atoms with Crippen LogP contribution in [-0.4, -0.2) is 33.4 Å². The molecule has 0 spiro atoms. The van der Waals surface area contributed by atoms with Gasteiger partial charge in [-0.05, 0) is 24.5 Å². The Morgan fingerprint density at radius 3 is 2.94 bits per heavy atom. The van der Waals surface area contributed by atoms with Crippen molar-refractivity contribution in [3.8, 4) is 0 Å². The summed E-state index contributed by atoms with van der Waals surface area (Å²) in [6.07, 6.45) is 2.93. The maximum atomic E-state index is 11.7. The molecule has 1 atom stereocenters. The fourth-order valence-corrected chi connectivity index (χ4v) is 2.27. The minimum Gasteiger partial charge on any atom is -0.279 e. The zero-order valence-electron chi connectivity index (χ0n) is 8.89. The van der Waals surface area contributed by atoms with Crippen LogP contribution >= 0.6 is 12.6 Å². The van der Waals surface area contributed by atoms with Crippen molar-refractivity contribution in [2.24, 2.45) is 5.92 Å². The van der Waals surface area contributed by atoms with Gasteiger partial charge in [0.15, 0.2) is 0 Å². The number of H-pyrrole nitrogens is 1. The van der Waals surface area contributed by atoms with E-state index < -0.39 is 0 Å². The number of carbonyl (C=O) groups excluding carboxylic acids is 1. The summed E-state index contributed by atoms with van der Waals surface area (Å²) >= 11 is 4.23. The highest BCUT2D eigenvalue weighted by Gasteiger charge is 2.33. The molecule has 2 fully saturated rings. The zero-order chi connectivity index (χ0) is 11.1. The molecule has 86 valence electrons. The van der Waals surface area contributed by atoms with E-state index >= 15 is 0 Å². The summed E-state index contributed by atoms with van der Waals surface area (Å²) < 4.78 is 0. The Kier molecular flexibility index (Phi) is 2.38. The van der Waals surface area contributed by atoms with Crippen molar-refractivity contribution in [1.29, 1.82) is 0 Å². The second-order valence-electron chi connectivity index (χ2n) is 4.55. The Hall–Kier alpha value is -1.04. The van der Waals surface area contributed by atoms with Crippen LogP contribution in [0.3, 0.4) is 0 Å². The Balaban J connectivity index is 1.78. The topological polar surface area (TPSA) is 61.9 Å². The normalized spacial score (nSPS) is 25.4. The number of nitrogens with zero attached hydrogens (tertiary/aromatic N) is 3. The van der Waals surface area contributed by atoms with Crippen LogP contribution in [0, 0.1) is 5.92 Å². The molecule has 3 rings (SSSR count). The van der Waals surface area contributed by atoms with Crippen LogP contribution in [0.2, 0.25) is 0 Å². The van der Waals surface area contributed by atoms with E-state index in [1.165, 1.54) is 12.8 Å². The molecular formula is C10H14N4OS. The van der Waals surface area contributed by atoms with Crippen molar-refractivity contribution in [2.45, 2.75) is 25.2 Å². The van der Waals surface area contributed by atoms with Gasteiger partial charge in [-0.2, -0.15) is 17.6 Å². The molecule has 1 saturated carbocycles. The number of rotatable bonds is 3. The van der Waals surface area contributed by atoms with Gasteiger partial charge in [-0.25, -0.2) is 0 Å². The van der Waals surface area contributed by atoms with Crippen LogP contribution in [-0.2, 0) is 4.79 Å². The monoisotopic (exact) mass is 238 g/mol. The molecule has 1 N–H and O–H groups in total. The number of aromatic nitrogens is 3. The first kappa shape index (κ1) is 10.1. The van der Waals surface area contributed by atoms with E-state index in [-0.39, 0.29) is 5.91 Å². The average Bonchev–Trinajstić information content (AvgIpc) is 2.89. The molecule has 0 aromatic carbocycles. The molecule has 1 unspecified atom stereocenters. The number of hydrogen-bond acceptors (Lipinski definition) is 4. The molecule has 1 saturated heterocycles. The van der Waals surface area contributed by atoms with E-state index in [0.29, 0.717) is 30.7 Å². The van der Waals surface area contributed by atoms with Gasteiger partial charge in [-0.15, -0.1) is 5.10 Å². The highest BCUT2D eigenvalue weighted by molar-refractivity contribution is 7.80. The highest BCUT2D eigenvalue weighted by Crippen LogP contribution is 2.38. The van der Waals surface area contributed by atoms with E-state index in [1.54, 1.807) is 4.90 Å². The summed E-state index contributed by atoms with van der Waals surface area (Å²) in [6, 6.07) is 0. The SMILES string of the molecule is O=C1CC(CS)CN1c1n[nH]c(C2CC2)n1. The summed E-state index contributed by atoms with van der Waals surface area (Å²) in [4.78, 5) is 17.8. The molecule has 5 nitrogen and oxygen atoms in total. The largest absolute Gasteiger partial charge is 0.279 e. The zero-order valence-corrected chi connectivity index (χ0v) is 9.78. The van der Waals surface area contributed by atoms with Crippen LogP contribution in [0.1, 0.15) is 31.0 Å². The molecule has 0 radical (unpaired) electrons. The predicted octanol–water partition coefficient (Wildman–Crippen LogP) is 0.965. The van der Waals surface area contributed by atoms with E-state index in [0.717, 1.165) is 11.6 Å². The third-order valence-electron chi connectivity index (χ3n) is 3.16. The van der Waals surface area contributed by atoms with Gasteiger partial charge in [0.25, 0.3) is 5.95 Å². The van der Waals surface area contributed by atoms with Gasteiger partial charge in [-0.3, -0.25) is 14.8 Å². The molecule has 2 aliphatic rings. The number of carbonyl (C=O) groups is 1. The molecular weight excluding hydrogens is 224 g/mol. The fourth-order valence-electron chi connectivity index (χ4n) is 2.02. The van der Waals surface area contributed by atoms with Gasteiger partial charge in [0.05, 0.1) is 0 Å². The van der Waals surface area contributed by atoms with Gasteiger partial charge in [0, 0.05) is 18.9 Å². The number of aromatic amines is 1. The second-order valence-corrected chi connectivity index (χ2v) is 4.92.